The average Bonchev–Trinajstić information content (AvgIpc) is 3.41. The van der Waals surface area contributed by atoms with Crippen molar-refractivity contribution in [1.82, 2.24) is 9.88 Å². The Hall–Kier alpha value is -4.10. The normalized spacial score (nSPS) is 19.5. The van der Waals surface area contributed by atoms with E-state index < -0.39 is 73.6 Å². The largest absolute Gasteiger partial charge is 0.507 e. The van der Waals surface area contributed by atoms with Gasteiger partial charge < -0.3 is 25.2 Å². The first-order valence-electron chi connectivity index (χ1n) is 11.7. The Kier molecular flexibility index (Phi) is 5.36. The van der Waals surface area contributed by atoms with E-state index in [1.54, 1.807) is 0 Å². The number of H-pyrrole nitrogens is 1. The van der Waals surface area contributed by atoms with Gasteiger partial charge in [-0.1, -0.05) is 0 Å². The van der Waals surface area contributed by atoms with Crippen LogP contribution in [-0.2, 0) is 11.8 Å². The molecule has 0 amide bonds. The second-order valence-corrected chi connectivity index (χ2v) is 11.5. The zero-order valence-corrected chi connectivity index (χ0v) is 23.7. The highest BCUT2D eigenvalue weighted by Gasteiger charge is 2.62. The number of Topliss-reactive ketones (excluding diaryl/α,β-unsaturated/α-hetero) is 4. The predicted octanol–water partition coefficient (Wildman–Crippen LogP) is 3.03. The molecule has 6 rings (SSSR count). The molecule has 11 nitrogen and oxygen atoms in total. The van der Waals surface area contributed by atoms with Crippen LogP contribution in [0.2, 0.25) is 0 Å². The maximum Gasteiger partial charge on any atom is 0.260 e. The third-order valence-electron chi connectivity index (χ3n) is 7.83. The zero-order chi connectivity index (χ0) is 29.2. The Bertz CT molecular complexity index is 1950. The number of phenols is 3. The Balaban J connectivity index is 1.68. The molecule has 202 valence electrons. The van der Waals surface area contributed by atoms with Gasteiger partial charge in [0.2, 0.25) is 11.6 Å². The fourth-order valence-corrected chi connectivity index (χ4v) is 7.59. The predicted molar refractivity (Wildman–Crippen MR) is 146 cm³/mol. The first-order chi connectivity index (χ1) is 18.8. The molecule has 0 radical (unpaired) electrons. The van der Waals surface area contributed by atoms with E-state index in [9.17, 15) is 44.1 Å². The van der Waals surface area contributed by atoms with Crippen molar-refractivity contribution in [2.45, 2.75) is 18.3 Å². The van der Waals surface area contributed by atoms with Crippen molar-refractivity contribution < 1.29 is 39.3 Å². The number of hydrogen-bond donors (Lipinski definition) is 4. The molecular weight excluding hydrogens is 656 g/mol. The third-order valence-corrected chi connectivity index (χ3v) is 9.48. The van der Waals surface area contributed by atoms with E-state index in [4.69, 9.17) is 0 Å². The highest BCUT2D eigenvalue weighted by molar-refractivity contribution is 9.12. The molecule has 0 unspecified atom stereocenters. The van der Waals surface area contributed by atoms with E-state index in [-0.39, 0.29) is 49.5 Å². The third kappa shape index (κ3) is 2.83. The van der Waals surface area contributed by atoms with Gasteiger partial charge in [0.25, 0.3) is 5.56 Å². The molecule has 0 bridgehead atoms. The topological polar surface area (TPSA) is 182 Å². The lowest BCUT2D eigenvalue weighted by atomic mass is 9.76. The molecule has 0 saturated heterocycles. The van der Waals surface area contributed by atoms with E-state index in [2.05, 4.69) is 36.8 Å². The fraction of sp³-hybridized carbons (Fsp3) is 0.185. The number of carbonyl (C=O) groups is 5. The molecule has 3 aliphatic carbocycles. The van der Waals surface area contributed by atoms with Crippen LogP contribution in [0.3, 0.4) is 0 Å². The molecule has 1 atom stereocenters. The average molecular weight is 672 g/mol. The van der Waals surface area contributed by atoms with Crippen LogP contribution in [0.4, 0.5) is 0 Å². The number of benzene rings is 2. The quantitative estimate of drug-likeness (QED) is 0.180. The summed E-state index contributed by atoms with van der Waals surface area (Å²) in [4.78, 5) is 82.6. The summed E-state index contributed by atoms with van der Waals surface area (Å²) in [6, 6.07) is 1.34. The number of likely N-dealkylation sites (N-methyl/N-ethyl adjacent to an activating group) is 1. The zero-order valence-electron chi connectivity index (χ0n) is 20.6. The lowest BCUT2D eigenvalue weighted by molar-refractivity contribution is 0.0790. The number of pyridine rings is 1. The number of allylic oxidation sites excluding steroid dienone is 2. The van der Waals surface area contributed by atoms with Gasteiger partial charge in [0.15, 0.2) is 17.9 Å². The molecule has 0 fully saturated rings. The molecule has 3 aromatic rings. The van der Waals surface area contributed by atoms with Gasteiger partial charge in [-0.25, -0.2) is 0 Å². The SMILES string of the molecule is CN(C)C1=C(Br)C(=O)c2c(O)c3c(c(O)c2C1=O)C(=O)[C@@]1(CCc2c1c(O)c1c(=O)[nH]c(C=O)cc1c2Br)C3=O. The summed E-state index contributed by atoms with van der Waals surface area (Å²) in [6.07, 6.45) is 0.279. The minimum absolute atomic E-state index is 0.0580. The second kappa shape index (κ2) is 8.21. The minimum atomic E-state index is -2.16. The van der Waals surface area contributed by atoms with Gasteiger partial charge in [-0.05, 0) is 56.3 Å². The van der Waals surface area contributed by atoms with E-state index in [0.717, 1.165) is 0 Å². The van der Waals surface area contributed by atoms with Gasteiger partial charge in [-0.15, -0.1) is 0 Å². The number of rotatable bonds is 2. The number of aromatic amines is 1. The number of phenolic OH excluding ortho intramolecular Hbond substituents is 3. The van der Waals surface area contributed by atoms with Crippen LogP contribution < -0.4 is 5.56 Å². The lowest BCUT2D eigenvalue weighted by Crippen LogP contribution is -2.36. The van der Waals surface area contributed by atoms with Crippen molar-refractivity contribution in [2.75, 3.05) is 14.1 Å². The summed E-state index contributed by atoms with van der Waals surface area (Å²) in [5.74, 6) is -6.27. The van der Waals surface area contributed by atoms with Crippen molar-refractivity contribution in [1.29, 1.82) is 0 Å². The molecule has 1 aromatic heterocycles. The summed E-state index contributed by atoms with van der Waals surface area (Å²) in [7, 11) is 2.97. The van der Waals surface area contributed by atoms with Crippen LogP contribution in [0.1, 0.15) is 69.5 Å². The molecule has 4 N–H and O–H groups in total. The number of aromatic hydroxyl groups is 3. The summed E-state index contributed by atoms with van der Waals surface area (Å²) in [5, 5.41) is 33.7. The summed E-state index contributed by atoms with van der Waals surface area (Å²) in [5.41, 5.74) is -5.61. The van der Waals surface area contributed by atoms with Gasteiger partial charge in [-0.2, -0.15) is 0 Å². The molecule has 2 aromatic carbocycles. The van der Waals surface area contributed by atoms with E-state index in [0.29, 0.717) is 11.8 Å². The Morgan fingerprint density at radius 3 is 2.02 bits per heavy atom. The van der Waals surface area contributed by atoms with Crippen molar-refractivity contribution in [2.24, 2.45) is 0 Å². The summed E-state index contributed by atoms with van der Waals surface area (Å²) >= 11 is 6.46. The van der Waals surface area contributed by atoms with E-state index in [1.165, 1.54) is 25.1 Å². The molecule has 0 saturated carbocycles. The van der Waals surface area contributed by atoms with Crippen molar-refractivity contribution in [3.63, 3.8) is 0 Å². The molecule has 13 heteroatoms. The molecule has 1 spiro atoms. The molecule has 1 heterocycles. The van der Waals surface area contributed by atoms with Gasteiger partial charge in [-0.3, -0.25) is 28.8 Å². The monoisotopic (exact) mass is 670 g/mol. The van der Waals surface area contributed by atoms with Crippen LogP contribution in [-0.4, -0.2) is 68.7 Å². The highest BCUT2D eigenvalue weighted by Crippen LogP contribution is 2.59. The molecule has 40 heavy (non-hydrogen) atoms. The van der Waals surface area contributed by atoms with Crippen LogP contribution in [0.25, 0.3) is 10.8 Å². The van der Waals surface area contributed by atoms with Crippen LogP contribution in [0, 0.1) is 0 Å². The van der Waals surface area contributed by atoms with Crippen molar-refractivity contribution in [3.8, 4) is 17.2 Å². The van der Waals surface area contributed by atoms with Crippen molar-refractivity contribution >= 4 is 72.1 Å². The van der Waals surface area contributed by atoms with Gasteiger partial charge >= 0.3 is 0 Å². The van der Waals surface area contributed by atoms with E-state index in [1.807, 2.05) is 0 Å². The summed E-state index contributed by atoms with van der Waals surface area (Å²) in [6.45, 7) is 0. The molecule has 3 aliphatic rings. The number of carbonyl (C=O) groups excluding carboxylic acids is 5. The Morgan fingerprint density at radius 1 is 0.900 bits per heavy atom. The van der Waals surface area contributed by atoms with Gasteiger partial charge in [0, 0.05) is 29.5 Å². The number of aldehydes is 1. The van der Waals surface area contributed by atoms with Crippen LogP contribution in [0.5, 0.6) is 17.2 Å². The number of halogens is 2. The maximum absolute atomic E-state index is 14.1. The minimum Gasteiger partial charge on any atom is -0.507 e. The molecule has 0 aliphatic heterocycles. The number of hydrogen-bond acceptors (Lipinski definition) is 10. The van der Waals surface area contributed by atoms with Gasteiger partial charge in [0.1, 0.15) is 28.4 Å². The molecular formula is C27H16Br2N2O9. The highest BCUT2D eigenvalue weighted by atomic mass is 79.9. The maximum atomic E-state index is 14.1. The number of fused-ring (bicyclic) bond motifs is 5. The Labute approximate surface area is 240 Å². The lowest BCUT2D eigenvalue weighted by Gasteiger charge is -2.25. The first-order valence-corrected chi connectivity index (χ1v) is 13.3. The number of nitrogens with one attached hydrogen (secondary N) is 1. The standard InChI is InChI=1S/C27H16Br2N2O9/c1-31(2)18-17(29)22(36)11-12(23(18)37)20(34)14-13(19(11)33)24(38)27(25(14)39)4-3-8-15(27)21(35)10-9(16(8)28)5-7(6-32)30-26(10)40/h5-6,33-35H,3-4H2,1-2H3,(H,30,40)/t27-/m1/s1. The van der Waals surface area contributed by atoms with Gasteiger partial charge in [0.05, 0.1) is 37.8 Å². The number of nitrogens with zero attached hydrogens (tertiary/aromatic N) is 1. The van der Waals surface area contributed by atoms with Crippen LogP contribution >= 0.6 is 31.9 Å². The van der Waals surface area contributed by atoms with Crippen LogP contribution in [0.15, 0.2) is 25.5 Å². The fourth-order valence-electron chi connectivity index (χ4n) is 6.15. The summed E-state index contributed by atoms with van der Waals surface area (Å²) < 4.78 is 0.0732. The van der Waals surface area contributed by atoms with Crippen molar-refractivity contribution in [3.05, 3.63) is 70.1 Å². The first kappa shape index (κ1) is 26.1. The number of ketones is 4. The van der Waals surface area contributed by atoms with E-state index >= 15 is 0 Å². The Morgan fingerprint density at radius 2 is 1.48 bits per heavy atom. The second-order valence-electron chi connectivity index (χ2n) is 9.95. The smallest absolute Gasteiger partial charge is 0.260 e. The number of aromatic nitrogens is 1.